The predicted octanol–water partition coefficient (Wildman–Crippen LogP) is 2.26. The molecule has 0 aliphatic carbocycles. The monoisotopic (exact) mass is 240 g/mol. The first-order chi connectivity index (χ1) is 7.73. The van der Waals surface area contributed by atoms with Crippen molar-refractivity contribution in [3.05, 3.63) is 29.8 Å². The topological polar surface area (TPSA) is 18.5 Å². The van der Waals surface area contributed by atoms with E-state index in [1.807, 2.05) is 27.7 Å². The van der Waals surface area contributed by atoms with Gasteiger partial charge in [0.15, 0.2) is 0 Å². The van der Waals surface area contributed by atoms with E-state index in [0.29, 0.717) is 0 Å². The molecule has 5 heteroatoms. The van der Waals surface area contributed by atoms with Crippen LogP contribution in [0.15, 0.2) is 18.2 Å². The van der Waals surface area contributed by atoms with Crippen molar-refractivity contribution in [2.24, 2.45) is 0 Å². The van der Waals surface area contributed by atoms with Crippen LogP contribution in [0.1, 0.15) is 27.7 Å². The lowest BCUT2D eigenvalue weighted by Gasteiger charge is -2.32. The minimum atomic E-state index is -0.865. The van der Waals surface area contributed by atoms with Crippen molar-refractivity contribution < 1.29 is 18.1 Å². The highest BCUT2D eigenvalue weighted by molar-refractivity contribution is 6.62. The molecule has 0 unspecified atom stereocenters. The molecular formula is C12H15BF2O2. The average Bonchev–Trinajstić information content (AvgIpc) is 2.40. The van der Waals surface area contributed by atoms with E-state index >= 15 is 0 Å². The summed E-state index contributed by atoms with van der Waals surface area (Å²) in [5.41, 5.74) is -1.02. The summed E-state index contributed by atoms with van der Waals surface area (Å²) in [5, 5.41) is 0. The summed E-state index contributed by atoms with van der Waals surface area (Å²) in [7, 11) is -0.865. The van der Waals surface area contributed by atoms with Crippen LogP contribution in [0.3, 0.4) is 0 Å². The first-order valence-corrected chi connectivity index (χ1v) is 5.53. The lowest BCUT2D eigenvalue weighted by atomic mass is 9.78. The Bertz CT molecular complexity index is 430. The Morgan fingerprint density at radius 1 is 1.00 bits per heavy atom. The van der Waals surface area contributed by atoms with Gasteiger partial charge in [0.1, 0.15) is 11.6 Å². The van der Waals surface area contributed by atoms with Crippen LogP contribution in [-0.2, 0) is 9.31 Å². The summed E-state index contributed by atoms with van der Waals surface area (Å²) in [5.74, 6) is -1.03. The maximum Gasteiger partial charge on any atom is 0.497 e. The normalized spacial score (nSPS) is 21.9. The third kappa shape index (κ3) is 2.09. The highest BCUT2D eigenvalue weighted by Crippen LogP contribution is 2.36. The van der Waals surface area contributed by atoms with Crippen LogP contribution in [0, 0.1) is 11.6 Å². The molecule has 1 aliphatic rings. The smallest absolute Gasteiger partial charge is 0.399 e. The third-order valence-electron chi connectivity index (χ3n) is 3.47. The van der Waals surface area contributed by atoms with Crippen molar-refractivity contribution in [3.8, 4) is 0 Å². The third-order valence-corrected chi connectivity index (χ3v) is 3.47. The molecule has 1 aromatic carbocycles. The van der Waals surface area contributed by atoms with Gasteiger partial charge < -0.3 is 9.31 Å². The highest BCUT2D eigenvalue weighted by atomic mass is 19.1. The second-order valence-corrected chi connectivity index (χ2v) is 5.25. The van der Waals surface area contributed by atoms with Gasteiger partial charge in [-0.25, -0.2) is 8.78 Å². The molecule has 0 atom stereocenters. The van der Waals surface area contributed by atoms with Crippen molar-refractivity contribution in [2.75, 3.05) is 0 Å². The Kier molecular flexibility index (Phi) is 2.79. The summed E-state index contributed by atoms with van der Waals surface area (Å²) in [6.07, 6.45) is 0. The van der Waals surface area contributed by atoms with E-state index in [1.165, 1.54) is 0 Å². The summed E-state index contributed by atoms with van der Waals surface area (Å²) in [6.45, 7) is 7.46. The average molecular weight is 240 g/mol. The molecule has 1 fully saturated rings. The molecule has 1 aliphatic heterocycles. The van der Waals surface area contributed by atoms with E-state index in [0.717, 1.165) is 18.2 Å². The minimum absolute atomic E-state index is 0.101. The van der Waals surface area contributed by atoms with E-state index in [9.17, 15) is 8.78 Å². The van der Waals surface area contributed by atoms with E-state index in [-0.39, 0.29) is 5.46 Å². The van der Waals surface area contributed by atoms with Gasteiger partial charge >= 0.3 is 7.12 Å². The van der Waals surface area contributed by atoms with Crippen molar-refractivity contribution in [3.63, 3.8) is 0 Å². The van der Waals surface area contributed by atoms with Gasteiger partial charge in [-0.1, -0.05) is 0 Å². The van der Waals surface area contributed by atoms with Crippen molar-refractivity contribution >= 4 is 12.6 Å². The zero-order chi connectivity index (χ0) is 12.8. The van der Waals surface area contributed by atoms with Gasteiger partial charge in [0, 0.05) is 5.46 Å². The quantitative estimate of drug-likeness (QED) is 0.701. The fraction of sp³-hybridized carbons (Fsp3) is 0.500. The fourth-order valence-corrected chi connectivity index (χ4v) is 1.67. The van der Waals surface area contributed by atoms with E-state index in [2.05, 4.69) is 0 Å². The molecule has 1 saturated heterocycles. The molecule has 2 rings (SSSR count). The molecule has 0 aromatic heterocycles. The van der Waals surface area contributed by atoms with Crippen molar-refractivity contribution in [2.45, 2.75) is 38.9 Å². The van der Waals surface area contributed by atoms with Crippen LogP contribution in [0.4, 0.5) is 8.78 Å². The van der Waals surface area contributed by atoms with Crippen LogP contribution >= 0.6 is 0 Å². The lowest BCUT2D eigenvalue weighted by Crippen LogP contribution is -2.41. The zero-order valence-electron chi connectivity index (χ0n) is 10.4. The predicted molar refractivity (Wildman–Crippen MR) is 62.1 cm³/mol. The van der Waals surface area contributed by atoms with Crippen LogP contribution < -0.4 is 5.46 Å². The van der Waals surface area contributed by atoms with Gasteiger partial charge in [0.2, 0.25) is 0 Å². The van der Waals surface area contributed by atoms with Gasteiger partial charge in [-0.2, -0.15) is 0 Å². The molecule has 0 N–H and O–H groups in total. The van der Waals surface area contributed by atoms with Gasteiger partial charge in [0.05, 0.1) is 11.2 Å². The summed E-state index contributed by atoms with van der Waals surface area (Å²) in [6, 6.07) is 3.26. The highest BCUT2D eigenvalue weighted by Gasteiger charge is 2.52. The molecule has 92 valence electrons. The molecule has 17 heavy (non-hydrogen) atoms. The number of hydrogen-bond acceptors (Lipinski definition) is 2. The summed E-state index contributed by atoms with van der Waals surface area (Å²) in [4.78, 5) is 0. The second kappa shape index (κ2) is 3.78. The van der Waals surface area contributed by atoms with E-state index in [4.69, 9.17) is 9.31 Å². The fourth-order valence-electron chi connectivity index (χ4n) is 1.67. The van der Waals surface area contributed by atoms with Gasteiger partial charge in [-0.3, -0.25) is 0 Å². The Morgan fingerprint density at radius 3 is 2.06 bits per heavy atom. The van der Waals surface area contributed by atoms with Gasteiger partial charge in [-0.15, -0.1) is 0 Å². The molecule has 1 heterocycles. The van der Waals surface area contributed by atoms with Crippen LogP contribution in [0.2, 0.25) is 0 Å². The number of benzene rings is 1. The van der Waals surface area contributed by atoms with Crippen LogP contribution in [-0.4, -0.2) is 18.3 Å². The van der Waals surface area contributed by atoms with Crippen molar-refractivity contribution in [1.82, 2.24) is 0 Å². The Hall–Kier alpha value is -0.935. The van der Waals surface area contributed by atoms with Crippen LogP contribution in [0.25, 0.3) is 0 Å². The summed E-state index contributed by atoms with van der Waals surface area (Å²) >= 11 is 0. The standard InChI is InChI=1S/C12H15BF2O2/c1-11(2)12(3,4)17-13(16-11)9-7-8(14)5-6-10(9)15/h5-7H,1-4H3. The Morgan fingerprint density at radius 2 is 1.53 bits per heavy atom. The Balaban J connectivity index is 2.35. The lowest BCUT2D eigenvalue weighted by molar-refractivity contribution is 0.00578. The van der Waals surface area contributed by atoms with E-state index in [1.54, 1.807) is 0 Å². The molecule has 0 radical (unpaired) electrons. The number of rotatable bonds is 1. The first-order valence-electron chi connectivity index (χ1n) is 5.53. The summed E-state index contributed by atoms with van der Waals surface area (Å²) < 4.78 is 38.0. The maximum absolute atomic E-state index is 13.6. The van der Waals surface area contributed by atoms with Crippen molar-refractivity contribution in [1.29, 1.82) is 0 Å². The maximum atomic E-state index is 13.6. The number of halogens is 2. The molecule has 1 aromatic rings. The minimum Gasteiger partial charge on any atom is -0.399 e. The van der Waals surface area contributed by atoms with Crippen LogP contribution in [0.5, 0.6) is 0 Å². The molecule has 0 saturated carbocycles. The SMILES string of the molecule is CC1(C)OB(c2cc(F)ccc2F)OC1(C)C. The molecule has 2 nitrogen and oxygen atoms in total. The second-order valence-electron chi connectivity index (χ2n) is 5.25. The molecule has 0 bridgehead atoms. The molecular weight excluding hydrogens is 225 g/mol. The van der Waals surface area contributed by atoms with Gasteiger partial charge in [0.25, 0.3) is 0 Å². The van der Waals surface area contributed by atoms with Gasteiger partial charge in [-0.05, 0) is 45.9 Å². The first kappa shape index (κ1) is 12.5. The Labute approximate surface area is 100 Å². The molecule has 0 amide bonds. The zero-order valence-corrected chi connectivity index (χ0v) is 10.4. The number of hydrogen-bond donors (Lipinski definition) is 0. The largest absolute Gasteiger partial charge is 0.497 e. The van der Waals surface area contributed by atoms with E-state index < -0.39 is 30.0 Å². The molecule has 0 spiro atoms.